The third kappa shape index (κ3) is 4.75. The van der Waals surface area contributed by atoms with Gasteiger partial charge in [-0.25, -0.2) is 13.4 Å². The molecule has 32 heavy (non-hydrogen) atoms. The lowest BCUT2D eigenvalue weighted by Crippen LogP contribution is -2.12. The van der Waals surface area contributed by atoms with Crippen LogP contribution in [-0.2, 0) is 10.0 Å². The zero-order valence-electron chi connectivity index (χ0n) is 16.7. The maximum atomic E-state index is 12.8. The van der Waals surface area contributed by atoms with Gasteiger partial charge < -0.3 is 4.74 Å². The third-order valence-electron chi connectivity index (χ3n) is 4.50. The first-order chi connectivity index (χ1) is 15.4. The van der Waals surface area contributed by atoms with E-state index in [0.717, 1.165) is 16.3 Å². The Balaban J connectivity index is 1.49. The van der Waals surface area contributed by atoms with Crippen LogP contribution >= 0.6 is 22.9 Å². The number of hydrogen-bond acceptors (Lipinski definition) is 6. The summed E-state index contributed by atoms with van der Waals surface area (Å²) in [7, 11) is -3.79. The number of thiazole rings is 1. The second kappa shape index (κ2) is 9.01. The molecular weight excluding hydrogens is 466 g/mol. The lowest BCUT2D eigenvalue weighted by molar-refractivity contribution is 0.480. The highest BCUT2D eigenvalue weighted by Gasteiger charge is 2.15. The van der Waals surface area contributed by atoms with Crippen LogP contribution in [-0.4, -0.2) is 13.4 Å². The van der Waals surface area contributed by atoms with Gasteiger partial charge in [0.2, 0.25) is 0 Å². The van der Waals surface area contributed by atoms with E-state index in [1.807, 2.05) is 30.5 Å². The van der Waals surface area contributed by atoms with Gasteiger partial charge in [-0.1, -0.05) is 29.8 Å². The Labute approximate surface area is 194 Å². The molecule has 0 atom stereocenters. The molecule has 0 spiro atoms. The van der Waals surface area contributed by atoms with Gasteiger partial charge in [-0.3, -0.25) is 4.72 Å². The highest BCUT2D eigenvalue weighted by molar-refractivity contribution is 7.92. The molecule has 0 amide bonds. The van der Waals surface area contributed by atoms with E-state index in [-0.39, 0.29) is 15.5 Å². The van der Waals surface area contributed by atoms with Crippen LogP contribution in [0.3, 0.4) is 0 Å². The van der Waals surface area contributed by atoms with Crippen LogP contribution in [0.25, 0.3) is 11.3 Å². The van der Waals surface area contributed by atoms with Gasteiger partial charge in [0, 0.05) is 16.6 Å². The second-order valence-corrected chi connectivity index (χ2v) is 9.88. The van der Waals surface area contributed by atoms with Crippen molar-refractivity contribution in [1.82, 2.24) is 4.98 Å². The SMILES string of the molecule is Cc1nc(-c2ccc(NS(=O)(=O)c3ccc(Oc4cccc(Cl)c4C#N)cc3)cc2)cs1. The van der Waals surface area contributed by atoms with E-state index < -0.39 is 10.0 Å². The van der Waals surface area contributed by atoms with Crippen molar-refractivity contribution in [2.75, 3.05) is 4.72 Å². The van der Waals surface area contributed by atoms with Crippen molar-refractivity contribution in [2.24, 2.45) is 0 Å². The fraction of sp³-hybridized carbons (Fsp3) is 0.0435. The number of benzene rings is 3. The molecular formula is C23H16ClN3O3S2. The van der Waals surface area contributed by atoms with Gasteiger partial charge in [0.25, 0.3) is 10.0 Å². The monoisotopic (exact) mass is 481 g/mol. The standard InChI is InChI=1S/C23H16ClN3O3S2/c1-15-26-22(14-31-15)16-5-7-17(8-6-16)27-32(28,29)19-11-9-18(10-12-19)30-23-4-2-3-21(24)20(23)13-25/h2-12,14,27H,1H3. The van der Waals surface area contributed by atoms with E-state index in [2.05, 4.69) is 9.71 Å². The van der Waals surface area contributed by atoms with Crippen molar-refractivity contribution < 1.29 is 13.2 Å². The molecule has 1 aromatic heterocycles. The zero-order chi connectivity index (χ0) is 22.7. The predicted molar refractivity (Wildman–Crippen MR) is 126 cm³/mol. The van der Waals surface area contributed by atoms with Crippen molar-refractivity contribution in [3.63, 3.8) is 0 Å². The summed E-state index contributed by atoms with van der Waals surface area (Å²) in [6.45, 7) is 1.93. The maximum Gasteiger partial charge on any atom is 0.261 e. The minimum atomic E-state index is -3.79. The van der Waals surface area contributed by atoms with Crippen LogP contribution in [0.2, 0.25) is 5.02 Å². The zero-order valence-corrected chi connectivity index (χ0v) is 19.1. The highest BCUT2D eigenvalue weighted by Crippen LogP contribution is 2.30. The van der Waals surface area contributed by atoms with Gasteiger partial charge in [0.1, 0.15) is 23.1 Å². The minimum Gasteiger partial charge on any atom is -0.456 e. The molecule has 9 heteroatoms. The molecule has 0 fully saturated rings. The lowest BCUT2D eigenvalue weighted by Gasteiger charge is -2.11. The molecule has 4 rings (SSSR count). The van der Waals surface area contributed by atoms with E-state index in [0.29, 0.717) is 17.2 Å². The smallest absolute Gasteiger partial charge is 0.261 e. The number of anilines is 1. The number of aryl methyl sites for hydroxylation is 1. The van der Waals surface area contributed by atoms with Gasteiger partial charge in [-0.15, -0.1) is 11.3 Å². The second-order valence-electron chi connectivity index (χ2n) is 6.73. The molecule has 0 unspecified atom stereocenters. The van der Waals surface area contributed by atoms with Crippen molar-refractivity contribution >= 4 is 38.6 Å². The fourth-order valence-corrected chi connectivity index (χ4v) is 4.82. The quantitative estimate of drug-likeness (QED) is 0.352. The molecule has 160 valence electrons. The summed E-state index contributed by atoms with van der Waals surface area (Å²) in [5.41, 5.74) is 2.43. The van der Waals surface area contributed by atoms with E-state index in [9.17, 15) is 13.7 Å². The highest BCUT2D eigenvalue weighted by atomic mass is 35.5. The molecule has 1 N–H and O–H groups in total. The summed E-state index contributed by atoms with van der Waals surface area (Å²) >= 11 is 7.57. The van der Waals surface area contributed by atoms with Gasteiger partial charge in [-0.05, 0) is 55.5 Å². The Kier molecular flexibility index (Phi) is 6.15. The van der Waals surface area contributed by atoms with Crippen LogP contribution in [0.15, 0.2) is 77.0 Å². The van der Waals surface area contributed by atoms with E-state index >= 15 is 0 Å². The Morgan fingerprint density at radius 3 is 2.41 bits per heavy atom. The number of halogens is 1. The van der Waals surface area contributed by atoms with Crippen LogP contribution in [0.4, 0.5) is 5.69 Å². The number of nitrogens with zero attached hydrogens (tertiary/aromatic N) is 2. The Morgan fingerprint density at radius 2 is 1.78 bits per heavy atom. The number of hydrogen-bond donors (Lipinski definition) is 1. The summed E-state index contributed by atoms with van der Waals surface area (Å²) < 4.78 is 33.8. The van der Waals surface area contributed by atoms with Crippen LogP contribution in [0.5, 0.6) is 11.5 Å². The molecule has 3 aromatic carbocycles. The first kappa shape index (κ1) is 21.8. The molecule has 0 saturated heterocycles. The first-order valence-corrected chi connectivity index (χ1v) is 12.1. The van der Waals surface area contributed by atoms with E-state index in [1.165, 1.54) is 24.3 Å². The number of nitrogens with one attached hydrogen (secondary N) is 1. The maximum absolute atomic E-state index is 12.8. The number of nitriles is 1. The first-order valence-electron chi connectivity index (χ1n) is 9.37. The van der Waals surface area contributed by atoms with Crippen molar-refractivity contribution in [3.8, 4) is 28.8 Å². The van der Waals surface area contributed by atoms with Gasteiger partial charge in [0.15, 0.2) is 0 Å². The Hall–Kier alpha value is -3.38. The average Bonchev–Trinajstić information content (AvgIpc) is 3.21. The molecule has 6 nitrogen and oxygen atoms in total. The van der Waals surface area contributed by atoms with Crippen molar-refractivity contribution in [2.45, 2.75) is 11.8 Å². The predicted octanol–water partition coefficient (Wildman–Crippen LogP) is 6.24. The van der Waals surface area contributed by atoms with Crippen LogP contribution < -0.4 is 9.46 Å². The molecule has 0 bridgehead atoms. The summed E-state index contributed by atoms with van der Waals surface area (Å²) in [5, 5.41) is 12.5. The van der Waals surface area contributed by atoms with Crippen molar-refractivity contribution in [3.05, 3.63) is 87.7 Å². The average molecular weight is 482 g/mol. The van der Waals surface area contributed by atoms with Crippen LogP contribution in [0, 0.1) is 18.3 Å². The summed E-state index contributed by atoms with van der Waals surface area (Å²) in [5.74, 6) is 0.676. The largest absolute Gasteiger partial charge is 0.456 e. The van der Waals surface area contributed by atoms with Gasteiger partial charge in [-0.2, -0.15) is 5.26 Å². The molecule has 1 heterocycles. The number of rotatable bonds is 6. The normalized spacial score (nSPS) is 11.0. The molecule has 0 radical (unpaired) electrons. The molecule has 0 aliphatic rings. The summed E-state index contributed by atoms with van der Waals surface area (Å²) in [4.78, 5) is 4.51. The van der Waals surface area contributed by atoms with Gasteiger partial charge >= 0.3 is 0 Å². The van der Waals surface area contributed by atoms with Crippen LogP contribution in [0.1, 0.15) is 10.6 Å². The lowest BCUT2D eigenvalue weighted by atomic mass is 10.1. The fourth-order valence-electron chi connectivity index (χ4n) is 2.93. The third-order valence-corrected chi connectivity index (χ3v) is 6.99. The topological polar surface area (TPSA) is 92.1 Å². The number of sulfonamides is 1. The number of aromatic nitrogens is 1. The Morgan fingerprint density at radius 1 is 1.06 bits per heavy atom. The minimum absolute atomic E-state index is 0.0793. The summed E-state index contributed by atoms with van der Waals surface area (Å²) in [6, 6.07) is 19.8. The molecule has 4 aromatic rings. The number of ether oxygens (including phenoxy) is 1. The van der Waals surface area contributed by atoms with Crippen molar-refractivity contribution in [1.29, 1.82) is 5.26 Å². The molecule has 0 aliphatic heterocycles. The Bertz CT molecular complexity index is 1410. The van der Waals surface area contributed by atoms with E-state index in [1.54, 1.807) is 41.7 Å². The molecule has 0 aliphatic carbocycles. The van der Waals surface area contributed by atoms with Gasteiger partial charge in [0.05, 0.1) is 20.6 Å². The molecule has 0 saturated carbocycles. The summed E-state index contributed by atoms with van der Waals surface area (Å²) in [6.07, 6.45) is 0. The van der Waals surface area contributed by atoms with E-state index in [4.69, 9.17) is 16.3 Å².